The topological polar surface area (TPSA) is 12.9 Å². The molecule has 2 rings (SSSR count). The zero-order valence-corrected chi connectivity index (χ0v) is 8.55. The third-order valence-electron chi connectivity index (χ3n) is 1.63. The van der Waals surface area contributed by atoms with Crippen LogP contribution in [0.15, 0.2) is 36.5 Å². The minimum Gasteiger partial charge on any atom is -0.244 e. The van der Waals surface area contributed by atoms with Gasteiger partial charge in [-0.15, -0.1) is 0 Å². The van der Waals surface area contributed by atoms with Gasteiger partial charge in [0.2, 0.25) is 0 Å². The summed E-state index contributed by atoms with van der Waals surface area (Å²) in [6.07, 6.45) is 1.71. The van der Waals surface area contributed by atoms with E-state index in [4.69, 9.17) is 11.6 Å². The Balaban J connectivity index is 0.000000396. The average molecular weight is 194 g/mol. The highest BCUT2D eigenvalue weighted by Crippen LogP contribution is 2.19. The van der Waals surface area contributed by atoms with Gasteiger partial charge in [-0.3, -0.25) is 0 Å². The molecule has 0 spiro atoms. The molecule has 1 heterocycles. The van der Waals surface area contributed by atoms with E-state index in [0.29, 0.717) is 5.15 Å². The number of rotatable bonds is 0. The van der Waals surface area contributed by atoms with Crippen LogP contribution in [-0.2, 0) is 0 Å². The van der Waals surface area contributed by atoms with E-state index in [1.54, 1.807) is 6.20 Å². The van der Waals surface area contributed by atoms with Crippen molar-refractivity contribution in [1.82, 2.24) is 4.98 Å². The molecule has 0 aliphatic heterocycles. The largest absolute Gasteiger partial charge is 0.244 e. The van der Waals surface area contributed by atoms with Gasteiger partial charge in [-0.05, 0) is 11.5 Å². The molecule has 2 aromatic rings. The molecule has 1 aromatic heterocycles. The van der Waals surface area contributed by atoms with Crippen LogP contribution in [0.3, 0.4) is 0 Å². The number of nitrogens with zero attached hydrogens (tertiary/aromatic N) is 1. The summed E-state index contributed by atoms with van der Waals surface area (Å²) in [6, 6.07) is 9.86. The molecule has 0 saturated heterocycles. The van der Waals surface area contributed by atoms with E-state index in [2.05, 4.69) is 4.98 Å². The van der Waals surface area contributed by atoms with E-state index in [0.717, 1.165) is 10.8 Å². The number of hydrogen-bond acceptors (Lipinski definition) is 1. The van der Waals surface area contributed by atoms with Crippen molar-refractivity contribution in [2.45, 2.75) is 13.8 Å². The van der Waals surface area contributed by atoms with Crippen LogP contribution in [0, 0.1) is 0 Å². The van der Waals surface area contributed by atoms with Gasteiger partial charge in [0.1, 0.15) is 5.15 Å². The predicted molar refractivity (Wildman–Crippen MR) is 58.1 cm³/mol. The summed E-state index contributed by atoms with van der Waals surface area (Å²) in [6.45, 7) is 4.00. The SMILES string of the molecule is CC.Clc1nccc2ccccc12. The second-order valence-electron chi connectivity index (χ2n) is 2.32. The van der Waals surface area contributed by atoms with Crippen molar-refractivity contribution in [2.24, 2.45) is 0 Å². The highest BCUT2D eigenvalue weighted by molar-refractivity contribution is 6.34. The number of aromatic nitrogens is 1. The molecule has 0 bridgehead atoms. The summed E-state index contributed by atoms with van der Waals surface area (Å²) in [4.78, 5) is 3.97. The van der Waals surface area contributed by atoms with Crippen molar-refractivity contribution < 1.29 is 0 Å². The van der Waals surface area contributed by atoms with Gasteiger partial charge in [0.15, 0.2) is 0 Å². The average Bonchev–Trinajstić information content (AvgIpc) is 2.22. The summed E-state index contributed by atoms with van der Waals surface area (Å²) in [5.74, 6) is 0. The van der Waals surface area contributed by atoms with Gasteiger partial charge in [0, 0.05) is 11.6 Å². The molecule has 0 aliphatic rings. The Morgan fingerprint density at radius 3 is 2.46 bits per heavy atom. The van der Waals surface area contributed by atoms with Gasteiger partial charge in [-0.1, -0.05) is 49.7 Å². The molecule has 68 valence electrons. The summed E-state index contributed by atoms with van der Waals surface area (Å²) in [7, 11) is 0. The van der Waals surface area contributed by atoms with Crippen LogP contribution in [0.2, 0.25) is 5.15 Å². The first-order chi connectivity index (χ1) is 6.38. The molecule has 0 amide bonds. The van der Waals surface area contributed by atoms with Crippen molar-refractivity contribution in [3.05, 3.63) is 41.7 Å². The summed E-state index contributed by atoms with van der Waals surface area (Å²) in [5.41, 5.74) is 0. The fourth-order valence-corrected chi connectivity index (χ4v) is 1.31. The third-order valence-corrected chi connectivity index (χ3v) is 1.93. The first kappa shape index (κ1) is 10.0. The fraction of sp³-hybridized carbons (Fsp3) is 0.182. The lowest BCUT2D eigenvalue weighted by atomic mass is 10.2. The van der Waals surface area contributed by atoms with Crippen molar-refractivity contribution in [3.63, 3.8) is 0 Å². The lowest BCUT2D eigenvalue weighted by Crippen LogP contribution is -1.76. The Morgan fingerprint density at radius 1 is 1.08 bits per heavy atom. The number of benzene rings is 1. The Labute approximate surface area is 83.4 Å². The van der Waals surface area contributed by atoms with E-state index >= 15 is 0 Å². The minimum absolute atomic E-state index is 0.572. The quantitative estimate of drug-likeness (QED) is 0.578. The van der Waals surface area contributed by atoms with Crippen LogP contribution in [-0.4, -0.2) is 4.98 Å². The zero-order chi connectivity index (χ0) is 9.68. The third kappa shape index (κ3) is 2.19. The lowest BCUT2D eigenvalue weighted by molar-refractivity contribution is 1.36. The highest BCUT2D eigenvalue weighted by Gasteiger charge is 1.95. The summed E-state index contributed by atoms with van der Waals surface area (Å²) < 4.78 is 0. The van der Waals surface area contributed by atoms with Crippen LogP contribution in [0.25, 0.3) is 10.8 Å². The molecule has 13 heavy (non-hydrogen) atoms. The molecule has 0 radical (unpaired) electrons. The van der Waals surface area contributed by atoms with Gasteiger partial charge < -0.3 is 0 Å². The monoisotopic (exact) mass is 193 g/mol. The summed E-state index contributed by atoms with van der Waals surface area (Å²) >= 11 is 5.85. The number of hydrogen-bond donors (Lipinski definition) is 0. The molecule has 0 fully saturated rings. The van der Waals surface area contributed by atoms with Crippen molar-refractivity contribution >= 4 is 22.4 Å². The molecule has 0 aliphatic carbocycles. The molecule has 0 unspecified atom stereocenters. The standard InChI is InChI=1S/C9H6ClN.C2H6/c10-9-8-4-2-1-3-7(8)5-6-11-9;1-2/h1-6H;1-2H3. The molecular formula is C11H12ClN. The van der Waals surface area contributed by atoms with Gasteiger partial charge in [-0.2, -0.15) is 0 Å². The maximum absolute atomic E-state index is 5.85. The zero-order valence-electron chi connectivity index (χ0n) is 7.79. The summed E-state index contributed by atoms with van der Waals surface area (Å²) in [5, 5.41) is 2.72. The normalized spacial score (nSPS) is 9.15. The minimum atomic E-state index is 0.572. The molecule has 0 N–H and O–H groups in total. The van der Waals surface area contributed by atoms with E-state index in [-0.39, 0.29) is 0 Å². The maximum atomic E-state index is 5.85. The van der Waals surface area contributed by atoms with Crippen LogP contribution in [0.5, 0.6) is 0 Å². The maximum Gasteiger partial charge on any atom is 0.136 e. The fourth-order valence-electron chi connectivity index (χ4n) is 1.08. The van der Waals surface area contributed by atoms with Crippen molar-refractivity contribution in [2.75, 3.05) is 0 Å². The first-order valence-electron chi connectivity index (χ1n) is 4.37. The van der Waals surface area contributed by atoms with Gasteiger partial charge in [-0.25, -0.2) is 4.98 Å². The van der Waals surface area contributed by atoms with E-state index < -0.39 is 0 Å². The lowest BCUT2D eigenvalue weighted by Gasteiger charge is -1.96. The Kier molecular flexibility index (Phi) is 3.71. The highest BCUT2D eigenvalue weighted by atomic mass is 35.5. The smallest absolute Gasteiger partial charge is 0.136 e. The van der Waals surface area contributed by atoms with Crippen molar-refractivity contribution in [1.29, 1.82) is 0 Å². The Bertz CT molecular complexity index is 379. The Morgan fingerprint density at radius 2 is 1.77 bits per heavy atom. The van der Waals surface area contributed by atoms with Gasteiger partial charge in [0.25, 0.3) is 0 Å². The molecule has 0 saturated carbocycles. The van der Waals surface area contributed by atoms with Crippen LogP contribution in [0.4, 0.5) is 0 Å². The van der Waals surface area contributed by atoms with Gasteiger partial charge >= 0.3 is 0 Å². The molecule has 0 atom stereocenters. The molecular weight excluding hydrogens is 182 g/mol. The number of fused-ring (bicyclic) bond motifs is 1. The first-order valence-corrected chi connectivity index (χ1v) is 4.75. The van der Waals surface area contributed by atoms with E-state index in [1.165, 1.54) is 0 Å². The van der Waals surface area contributed by atoms with Crippen LogP contribution >= 0.6 is 11.6 Å². The van der Waals surface area contributed by atoms with E-state index in [1.807, 2.05) is 44.2 Å². The molecule has 2 heteroatoms. The second kappa shape index (κ2) is 4.83. The molecule has 1 aromatic carbocycles. The van der Waals surface area contributed by atoms with Crippen molar-refractivity contribution in [3.8, 4) is 0 Å². The number of pyridine rings is 1. The Hall–Kier alpha value is -1.08. The predicted octanol–water partition coefficient (Wildman–Crippen LogP) is 3.91. The van der Waals surface area contributed by atoms with Crippen LogP contribution < -0.4 is 0 Å². The number of halogens is 1. The van der Waals surface area contributed by atoms with Gasteiger partial charge in [0.05, 0.1) is 0 Å². The van der Waals surface area contributed by atoms with E-state index in [9.17, 15) is 0 Å². The van der Waals surface area contributed by atoms with Crippen LogP contribution in [0.1, 0.15) is 13.8 Å². The molecule has 1 nitrogen and oxygen atoms in total. The second-order valence-corrected chi connectivity index (χ2v) is 2.68.